The van der Waals surface area contributed by atoms with Gasteiger partial charge in [0, 0.05) is 0 Å². The molecule has 0 atom stereocenters. The van der Waals surface area contributed by atoms with E-state index >= 15 is 0 Å². The van der Waals surface area contributed by atoms with E-state index in [9.17, 15) is 5.11 Å². The van der Waals surface area contributed by atoms with E-state index in [0.717, 1.165) is 11.4 Å². The van der Waals surface area contributed by atoms with Crippen LogP contribution in [0.1, 0.15) is 0 Å². The number of phenolic OH excluding ortho intramolecular Hbond substituents is 1. The molecule has 0 spiro atoms. The Bertz CT molecular complexity index is 423. The molecule has 1 heterocycles. The molecule has 0 aliphatic rings. The van der Waals surface area contributed by atoms with Gasteiger partial charge >= 0.3 is 0 Å². The lowest BCUT2D eigenvalue weighted by atomic mass is 10.2. The molecule has 0 fully saturated rings. The van der Waals surface area contributed by atoms with Crippen LogP contribution in [0.15, 0.2) is 36.7 Å². The molecule has 14 heavy (non-hydrogen) atoms. The molecule has 0 aliphatic carbocycles. The maximum Gasteiger partial charge on any atom is 0.288 e. The van der Waals surface area contributed by atoms with Crippen LogP contribution in [-0.4, -0.2) is 9.67 Å². The number of phenols is 1. The van der Waals surface area contributed by atoms with Crippen LogP contribution >= 0.6 is 0 Å². The average Bonchev–Trinajstić information content (AvgIpc) is 2.49. The monoisotopic (exact) mass is 189 g/mol. The summed E-state index contributed by atoms with van der Waals surface area (Å²) in [6.07, 6.45) is 4.00. The third-order valence-corrected chi connectivity index (χ3v) is 2.31. The highest BCUT2D eigenvalue weighted by Gasteiger charge is 2.13. The third-order valence-electron chi connectivity index (χ3n) is 2.31. The van der Waals surface area contributed by atoms with Gasteiger partial charge in [0.15, 0.2) is 0 Å². The lowest BCUT2D eigenvalue weighted by molar-refractivity contribution is -0.659. The summed E-state index contributed by atoms with van der Waals surface area (Å²) in [5, 5.41) is 9.18. The number of nitrogens with zero attached hydrogens (tertiary/aromatic N) is 2. The highest BCUT2D eigenvalue weighted by Crippen LogP contribution is 2.18. The van der Waals surface area contributed by atoms with Crippen LogP contribution in [-0.2, 0) is 14.1 Å². The lowest BCUT2D eigenvalue weighted by Gasteiger charge is -1.98. The van der Waals surface area contributed by atoms with Crippen molar-refractivity contribution in [1.82, 2.24) is 4.57 Å². The number of aryl methyl sites for hydroxylation is 2. The largest absolute Gasteiger partial charge is 0.508 e. The van der Waals surface area contributed by atoms with Crippen molar-refractivity contribution in [2.24, 2.45) is 14.1 Å². The Labute approximate surface area is 82.9 Å². The van der Waals surface area contributed by atoms with Crippen molar-refractivity contribution in [1.29, 1.82) is 0 Å². The molecule has 0 radical (unpaired) electrons. The molecule has 0 bridgehead atoms. The maximum atomic E-state index is 9.18. The Morgan fingerprint density at radius 1 is 1.21 bits per heavy atom. The first kappa shape index (κ1) is 8.81. The highest BCUT2D eigenvalue weighted by atomic mass is 16.3. The minimum absolute atomic E-state index is 0.297. The zero-order valence-electron chi connectivity index (χ0n) is 8.31. The second-order valence-electron chi connectivity index (χ2n) is 3.39. The van der Waals surface area contributed by atoms with E-state index in [1.807, 2.05) is 47.8 Å². The second-order valence-corrected chi connectivity index (χ2v) is 3.39. The van der Waals surface area contributed by atoms with E-state index < -0.39 is 0 Å². The number of hydrogen-bond acceptors (Lipinski definition) is 1. The lowest BCUT2D eigenvalue weighted by Crippen LogP contribution is -2.28. The molecule has 72 valence electrons. The molecule has 1 aromatic carbocycles. The zero-order chi connectivity index (χ0) is 10.1. The smallest absolute Gasteiger partial charge is 0.288 e. The Morgan fingerprint density at radius 2 is 1.86 bits per heavy atom. The van der Waals surface area contributed by atoms with E-state index in [2.05, 4.69) is 0 Å². The van der Waals surface area contributed by atoms with Gasteiger partial charge in [0.05, 0.1) is 19.7 Å². The first-order chi connectivity index (χ1) is 6.68. The van der Waals surface area contributed by atoms with E-state index in [-0.39, 0.29) is 0 Å². The van der Waals surface area contributed by atoms with Crippen molar-refractivity contribution in [3.05, 3.63) is 36.7 Å². The number of hydrogen-bond donors (Lipinski definition) is 1. The van der Waals surface area contributed by atoms with Crippen LogP contribution in [0.4, 0.5) is 0 Å². The van der Waals surface area contributed by atoms with Crippen LogP contribution < -0.4 is 4.57 Å². The van der Waals surface area contributed by atoms with E-state index in [1.54, 1.807) is 12.1 Å². The molecule has 0 unspecified atom stereocenters. The Morgan fingerprint density at radius 3 is 2.36 bits per heavy atom. The Balaban J connectivity index is 2.54. The van der Waals surface area contributed by atoms with Crippen LogP contribution in [0, 0.1) is 0 Å². The molecular weight excluding hydrogens is 176 g/mol. The normalized spacial score (nSPS) is 10.4. The fourth-order valence-corrected chi connectivity index (χ4v) is 1.61. The Kier molecular flexibility index (Phi) is 2.00. The number of aromatic nitrogens is 2. The summed E-state index contributed by atoms with van der Waals surface area (Å²) in [6.45, 7) is 0. The fraction of sp³-hybridized carbons (Fsp3) is 0.182. The fourth-order valence-electron chi connectivity index (χ4n) is 1.61. The minimum atomic E-state index is 0.297. The average molecular weight is 189 g/mol. The molecule has 1 aromatic heterocycles. The van der Waals surface area contributed by atoms with Crippen molar-refractivity contribution >= 4 is 0 Å². The minimum Gasteiger partial charge on any atom is -0.508 e. The van der Waals surface area contributed by atoms with E-state index in [1.165, 1.54) is 0 Å². The topological polar surface area (TPSA) is 29.0 Å². The van der Waals surface area contributed by atoms with Gasteiger partial charge in [-0.15, -0.1) is 0 Å². The van der Waals surface area contributed by atoms with Crippen molar-refractivity contribution < 1.29 is 9.67 Å². The summed E-state index contributed by atoms with van der Waals surface area (Å²) >= 11 is 0. The van der Waals surface area contributed by atoms with Gasteiger partial charge in [0.25, 0.3) is 5.82 Å². The van der Waals surface area contributed by atoms with Crippen molar-refractivity contribution in [2.75, 3.05) is 0 Å². The number of imidazole rings is 1. The number of benzene rings is 1. The second kappa shape index (κ2) is 3.18. The summed E-state index contributed by atoms with van der Waals surface area (Å²) in [4.78, 5) is 0. The first-order valence-corrected chi connectivity index (χ1v) is 4.49. The predicted molar refractivity (Wildman–Crippen MR) is 53.7 cm³/mol. The van der Waals surface area contributed by atoms with Gasteiger partial charge in [-0.3, -0.25) is 0 Å². The molecular formula is C11H13N2O+. The van der Waals surface area contributed by atoms with Crippen molar-refractivity contribution in [3.8, 4) is 17.1 Å². The van der Waals surface area contributed by atoms with Gasteiger partial charge in [-0.25, -0.2) is 9.13 Å². The van der Waals surface area contributed by atoms with E-state index in [0.29, 0.717) is 5.75 Å². The molecule has 0 amide bonds. The van der Waals surface area contributed by atoms with Gasteiger partial charge in [-0.2, -0.15) is 0 Å². The quantitative estimate of drug-likeness (QED) is 0.671. The van der Waals surface area contributed by atoms with E-state index in [4.69, 9.17) is 0 Å². The van der Waals surface area contributed by atoms with Crippen LogP contribution in [0.2, 0.25) is 0 Å². The molecule has 3 nitrogen and oxygen atoms in total. The molecule has 1 N–H and O–H groups in total. The molecule has 3 heteroatoms. The number of rotatable bonds is 1. The standard InChI is InChI=1S/C11H12N2O/c1-12-7-8-13(2)11(12)9-3-5-10(14)6-4-9/h3-8H,1-2H3/p+1. The van der Waals surface area contributed by atoms with Crippen LogP contribution in [0.25, 0.3) is 11.4 Å². The molecule has 0 saturated heterocycles. The summed E-state index contributed by atoms with van der Waals surface area (Å²) in [5.41, 5.74) is 1.10. The predicted octanol–water partition coefficient (Wildman–Crippen LogP) is 1.22. The summed E-state index contributed by atoms with van der Waals surface area (Å²) < 4.78 is 4.10. The van der Waals surface area contributed by atoms with Gasteiger partial charge in [-0.05, 0) is 24.3 Å². The van der Waals surface area contributed by atoms with Gasteiger partial charge in [-0.1, -0.05) is 0 Å². The molecule has 2 aromatic rings. The summed E-state index contributed by atoms with van der Waals surface area (Å²) in [6, 6.07) is 7.21. The highest BCUT2D eigenvalue weighted by molar-refractivity contribution is 5.53. The molecule has 0 saturated carbocycles. The van der Waals surface area contributed by atoms with Crippen LogP contribution in [0.3, 0.4) is 0 Å². The Hall–Kier alpha value is -1.77. The van der Waals surface area contributed by atoms with Crippen molar-refractivity contribution in [2.45, 2.75) is 0 Å². The zero-order valence-corrected chi connectivity index (χ0v) is 8.31. The SMILES string of the molecule is Cn1cc[n+](C)c1-c1ccc(O)cc1. The maximum absolute atomic E-state index is 9.18. The van der Waals surface area contributed by atoms with Crippen molar-refractivity contribution in [3.63, 3.8) is 0 Å². The third kappa shape index (κ3) is 1.37. The molecule has 0 aliphatic heterocycles. The first-order valence-electron chi connectivity index (χ1n) is 4.49. The van der Waals surface area contributed by atoms with Gasteiger partial charge < -0.3 is 5.11 Å². The van der Waals surface area contributed by atoms with Crippen LogP contribution in [0.5, 0.6) is 5.75 Å². The summed E-state index contributed by atoms with van der Waals surface area (Å²) in [5.74, 6) is 1.41. The summed E-state index contributed by atoms with van der Waals surface area (Å²) in [7, 11) is 4.00. The number of aromatic hydroxyl groups is 1. The van der Waals surface area contributed by atoms with Gasteiger partial charge in [0.2, 0.25) is 0 Å². The molecule has 2 rings (SSSR count). The van der Waals surface area contributed by atoms with Gasteiger partial charge in [0.1, 0.15) is 18.1 Å².